The van der Waals surface area contributed by atoms with Gasteiger partial charge in [-0.25, -0.2) is 13.4 Å². The summed E-state index contributed by atoms with van der Waals surface area (Å²) in [5, 5.41) is 15.5. The average molecular weight is 375 g/mol. The van der Waals surface area contributed by atoms with Crippen LogP contribution in [0.5, 0.6) is 0 Å². The lowest BCUT2D eigenvalue weighted by atomic mass is 9.92. The summed E-state index contributed by atoms with van der Waals surface area (Å²) in [6.07, 6.45) is 2.93. The molecule has 1 N–H and O–H groups in total. The van der Waals surface area contributed by atoms with Crippen molar-refractivity contribution < 1.29 is 8.42 Å². The standard InChI is InChI=1S/C16H21N7O2S/c1-10-8-14-17-9-18-23(14)21-15(10)13-4-6-22(7-5-13)26(24,25)16-11(2)19-20-12(16)3/h8-9,13H,4-7H2,1-3H3,(H,19,20). The van der Waals surface area contributed by atoms with Gasteiger partial charge in [0.1, 0.15) is 11.2 Å². The Balaban J connectivity index is 1.56. The zero-order valence-corrected chi connectivity index (χ0v) is 15.8. The lowest BCUT2D eigenvalue weighted by Gasteiger charge is -2.31. The summed E-state index contributed by atoms with van der Waals surface area (Å²) < 4.78 is 29.0. The van der Waals surface area contributed by atoms with Gasteiger partial charge in [-0.3, -0.25) is 5.10 Å². The van der Waals surface area contributed by atoms with Crippen LogP contribution in [0.2, 0.25) is 0 Å². The normalized spacial score (nSPS) is 17.2. The molecule has 0 aliphatic carbocycles. The number of aromatic amines is 1. The molecule has 0 spiro atoms. The van der Waals surface area contributed by atoms with Gasteiger partial charge in [0.25, 0.3) is 0 Å². The van der Waals surface area contributed by atoms with Crippen molar-refractivity contribution in [3.63, 3.8) is 0 Å². The van der Waals surface area contributed by atoms with E-state index in [2.05, 4.69) is 25.4 Å². The van der Waals surface area contributed by atoms with Gasteiger partial charge in [0.15, 0.2) is 5.65 Å². The topological polar surface area (TPSA) is 109 Å². The average Bonchev–Trinajstić information content (AvgIpc) is 3.20. The highest BCUT2D eigenvalue weighted by molar-refractivity contribution is 7.89. The molecule has 10 heteroatoms. The first kappa shape index (κ1) is 17.1. The van der Waals surface area contributed by atoms with Crippen molar-refractivity contribution in [1.29, 1.82) is 0 Å². The van der Waals surface area contributed by atoms with Crippen LogP contribution < -0.4 is 0 Å². The van der Waals surface area contributed by atoms with Crippen molar-refractivity contribution in [2.75, 3.05) is 13.1 Å². The maximum Gasteiger partial charge on any atom is 0.246 e. The zero-order chi connectivity index (χ0) is 18.5. The Morgan fingerprint density at radius 1 is 1.19 bits per heavy atom. The van der Waals surface area contributed by atoms with Crippen LogP contribution in [0.25, 0.3) is 5.65 Å². The molecule has 0 bridgehead atoms. The first-order chi connectivity index (χ1) is 12.4. The number of H-pyrrole nitrogens is 1. The minimum atomic E-state index is -3.53. The van der Waals surface area contributed by atoms with Crippen LogP contribution in [0.1, 0.15) is 41.4 Å². The van der Waals surface area contributed by atoms with E-state index >= 15 is 0 Å². The Morgan fingerprint density at radius 2 is 1.92 bits per heavy atom. The SMILES string of the molecule is Cc1cc2ncnn2nc1C1CCN(S(=O)(=O)c2c(C)n[nH]c2C)CC1. The van der Waals surface area contributed by atoms with Gasteiger partial charge in [0.2, 0.25) is 10.0 Å². The van der Waals surface area contributed by atoms with Gasteiger partial charge in [-0.05, 0) is 45.2 Å². The molecule has 1 fully saturated rings. The number of piperidine rings is 1. The second-order valence-electron chi connectivity index (χ2n) is 6.76. The third kappa shape index (κ3) is 2.69. The van der Waals surface area contributed by atoms with Gasteiger partial charge in [0.05, 0.1) is 17.1 Å². The number of aromatic nitrogens is 6. The van der Waals surface area contributed by atoms with Crippen LogP contribution in [0.3, 0.4) is 0 Å². The number of fused-ring (bicyclic) bond motifs is 1. The van der Waals surface area contributed by atoms with E-state index in [1.165, 1.54) is 11.0 Å². The van der Waals surface area contributed by atoms with E-state index in [4.69, 9.17) is 0 Å². The summed E-state index contributed by atoms with van der Waals surface area (Å²) in [6, 6.07) is 1.97. The molecule has 26 heavy (non-hydrogen) atoms. The number of hydrogen-bond donors (Lipinski definition) is 1. The lowest BCUT2D eigenvalue weighted by Crippen LogP contribution is -2.38. The smallest absolute Gasteiger partial charge is 0.246 e. The molecule has 9 nitrogen and oxygen atoms in total. The van der Waals surface area contributed by atoms with Crippen LogP contribution >= 0.6 is 0 Å². The molecule has 1 saturated heterocycles. The number of sulfonamides is 1. The maximum atomic E-state index is 13.0. The number of aryl methyl sites for hydroxylation is 3. The molecule has 3 aromatic rings. The molecule has 0 unspecified atom stereocenters. The van der Waals surface area contributed by atoms with Crippen molar-refractivity contribution in [2.45, 2.75) is 44.4 Å². The van der Waals surface area contributed by atoms with Crippen molar-refractivity contribution in [3.8, 4) is 0 Å². The van der Waals surface area contributed by atoms with E-state index in [0.29, 0.717) is 29.4 Å². The third-order valence-electron chi connectivity index (χ3n) is 5.01. The molecule has 0 atom stereocenters. The second-order valence-corrected chi connectivity index (χ2v) is 8.64. The highest BCUT2D eigenvalue weighted by Crippen LogP contribution is 2.32. The Bertz CT molecular complexity index is 1040. The van der Waals surface area contributed by atoms with Crippen molar-refractivity contribution in [3.05, 3.63) is 35.0 Å². The molecule has 0 aromatic carbocycles. The van der Waals surface area contributed by atoms with Gasteiger partial charge in [0, 0.05) is 19.0 Å². The quantitative estimate of drug-likeness (QED) is 0.740. The molecular weight excluding hydrogens is 354 g/mol. The summed E-state index contributed by atoms with van der Waals surface area (Å²) in [7, 11) is -3.53. The van der Waals surface area contributed by atoms with Gasteiger partial charge in [-0.15, -0.1) is 9.73 Å². The monoisotopic (exact) mass is 375 g/mol. The van der Waals surface area contributed by atoms with Crippen LogP contribution in [0.4, 0.5) is 0 Å². The van der Waals surface area contributed by atoms with Gasteiger partial charge in [-0.1, -0.05) is 0 Å². The second kappa shape index (κ2) is 6.13. The molecule has 4 rings (SSSR count). The van der Waals surface area contributed by atoms with Crippen molar-refractivity contribution in [1.82, 2.24) is 34.3 Å². The number of hydrogen-bond acceptors (Lipinski definition) is 6. The first-order valence-electron chi connectivity index (χ1n) is 8.57. The molecule has 0 radical (unpaired) electrons. The van der Waals surface area contributed by atoms with E-state index in [-0.39, 0.29) is 5.92 Å². The predicted octanol–water partition coefficient (Wildman–Crippen LogP) is 1.34. The van der Waals surface area contributed by atoms with E-state index in [1.807, 2.05) is 13.0 Å². The zero-order valence-electron chi connectivity index (χ0n) is 15.0. The largest absolute Gasteiger partial charge is 0.281 e. The van der Waals surface area contributed by atoms with E-state index in [9.17, 15) is 8.42 Å². The Labute approximate surface area is 151 Å². The minimum Gasteiger partial charge on any atom is -0.281 e. The van der Waals surface area contributed by atoms with Gasteiger partial charge in [-0.2, -0.15) is 14.5 Å². The van der Waals surface area contributed by atoms with Crippen LogP contribution in [0, 0.1) is 20.8 Å². The molecule has 3 aromatic heterocycles. The maximum absolute atomic E-state index is 13.0. The Hall–Kier alpha value is -2.33. The fraction of sp³-hybridized carbons (Fsp3) is 0.500. The number of nitrogens with zero attached hydrogens (tertiary/aromatic N) is 6. The van der Waals surface area contributed by atoms with Crippen LogP contribution in [0.15, 0.2) is 17.3 Å². The van der Waals surface area contributed by atoms with Gasteiger partial charge < -0.3 is 0 Å². The lowest BCUT2D eigenvalue weighted by molar-refractivity contribution is 0.314. The summed E-state index contributed by atoms with van der Waals surface area (Å²) in [6.45, 7) is 6.39. The minimum absolute atomic E-state index is 0.210. The molecule has 138 valence electrons. The molecular formula is C16H21N7O2S. The highest BCUT2D eigenvalue weighted by Gasteiger charge is 2.34. The summed E-state index contributed by atoms with van der Waals surface area (Å²) >= 11 is 0. The highest BCUT2D eigenvalue weighted by atomic mass is 32.2. The molecule has 0 amide bonds. The van der Waals surface area contributed by atoms with Crippen LogP contribution in [-0.4, -0.2) is 55.8 Å². The molecule has 1 aliphatic rings. The van der Waals surface area contributed by atoms with Crippen molar-refractivity contribution >= 4 is 15.7 Å². The summed E-state index contributed by atoms with van der Waals surface area (Å²) in [4.78, 5) is 4.45. The Morgan fingerprint density at radius 3 is 2.58 bits per heavy atom. The Kier molecular flexibility index (Phi) is 4.03. The fourth-order valence-electron chi connectivity index (χ4n) is 3.69. The third-order valence-corrected chi connectivity index (χ3v) is 7.17. The fourth-order valence-corrected chi connectivity index (χ4v) is 5.49. The first-order valence-corrected chi connectivity index (χ1v) is 10.0. The van der Waals surface area contributed by atoms with Crippen LogP contribution in [-0.2, 0) is 10.0 Å². The molecule has 4 heterocycles. The molecule has 1 aliphatic heterocycles. The number of nitrogens with one attached hydrogen (secondary N) is 1. The summed E-state index contributed by atoms with van der Waals surface area (Å²) in [5.74, 6) is 0.210. The van der Waals surface area contributed by atoms with Crippen molar-refractivity contribution in [2.24, 2.45) is 0 Å². The van der Waals surface area contributed by atoms with E-state index in [0.717, 1.165) is 29.7 Å². The number of rotatable bonds is 3. The summed E-state index contributed by atoms with van der Waals surface area (Å²) in [5.41, 5.74) is 3.85. The predicted molar refractivity (Wildman–Crippen MR) is 94.3 cm³/mol. The van der Waals surface area contributed by atoms with E-state index in [1.54, 1.807) is 18.2 Å². The van der Waals surface area contributed by atoms with Gasteiger partial charge >= 0.3 is 0 Å². The molecule has 0 saturated carbocycles. The van der Waals surface area contributed by atoms with E-state index < -0.39 is 10.0 Å².